The zero-order valence-corrected chi connectivity index (χ0v) is 19.1. The Kier molecular flexibility index (Phi) is 5.99. The summed E-state index contributed by atoms with van der Waals surface area (Å²) in [5, 5.41) is 4.09. The summed E-state index contributed by atoms with van der Waals surface area (Å²) in [5.74, 6) is 1.52. The average molecular weight is 463 g/mol. The SMILES string of the molecule is COc1ccc(-c2noc(CN3CCN(CN4C(=O)C(=O)c5ccc(OC)cc54)CC3)n2)cc1. The first-order chi connectivity index (χ1) is 16.6. The maximum atomic E-state index is 12.6. The lowest BCUT2D eigenvalue weighted by Crippen LogP contribution is -2.50. The van der Waals surface area contributed by atoms with Gasteiger partial charge in [0.1, 0.15) is 11.5 Å². The number of nitrogens with zero attached hydrogens (tertiary/aromatic N) is 5. The maximum Gasteiger partial charge on any atom is 0.300 e. The molecule has 176 valence electrons. The Bertz CT molecular complexity index is 1200. The van der Waals surface area contributed by atoms with Gasteiger partial charge in [-0.3, -0.25) is 24.3 Å². The zero-order valence-electron chi connectivity index (χ0n) is 19.1. The second kappa shape index (κ2) is 9.24. The van der Waals surface area contributed by atoms with Gasteiger partial charge in [-0.15, -0.1) is 0 Å². The molecule has 10 nitrogen and oxygen atoms in total. The molecule has 0 bridgehead atoms. The van der Waals surface area contributed by atoms with Crippen LogP contribution in [0.2, 0.25) is 0 Å². The van der Waals surface area contributed by atoms with Crippen LogP contribution in [0.3, 0.4) is 0 Å². The van der Waals surface area contributed by atoms with E-state index in [1.54, 1.807) is 32.4 Å². The van der Waals surface area contributed by atoms with E-state index >= 15 is 0 Å². The van der Waals surface area contributed by atoms with Gasteiger partial charge in [0.2, 0.25) is 11.7 Å². The van der Waals surface area contributed by atoms with Gasteiger partial charge in [0.05, 0.1) is 38.7 Å². The summed E-state index contributed by atoms with van der Waals surface area (Å²) in [6.45, 7) is 3.97. The predicted octanol–water partition coefficient (Wildman–Crippen LogP) is 2.06. The van der Waals surface area contributed by atoms with Crippen molar-refractivity contribution in [2.75, 3.05) is 52.0 Å². The van der Waals surface area contributed by atoms with E-state index in [1.165, 1.54) is 4.90 Å². The van der Waals surface area contributed by atoms with Crippen molar-refractivity contribution in [3.63, 3.8) is 0 Å². The third kappa shape index (κ3) is 4.25. The highest BCUT2D eigenvalue weighted by Crippen LogP contribution is 2.32. The second-order valence-corrected chi connectivity index (χ2v) is 8.22. The molecule has 34 heavy (non-hydrogen) atoms. The summed E-state index contributed by atoms with van der Waals surface area (Å²) in [6.07, 6.45) is 0. The van der Waals surface area contributed by atoms with Gasteiger partial charge in [-0.05, 0) is 36.4 Å². The number of fused-ring (bicyclic) bond motifs is 1. The number of Topliss-reactive ketones (excluding diaryl/α,β-unsaturated/α-hetero) is 1. The van der Waals surface area contributed by atoms with E-state index in [9.17, 15) is 9.59 Å². The third-order valence-electron chi connectivity index (χ3n) is 6.16. The number of piperazine rings is 1. The lowest BCUT2D eigenvalue weighted by molar-refractivity contribution is -0.114. The van der Waals surface area contributed by atoms with Crippen LogP contribution in [0, 0.1) is 0 Å². The number of benzene rings is 2. The lowest BCUT2D eigenvalue weighted by Gasteiger charge is -2.35. The number of aromatic nitrogens is 2. The van der Waals surface area contributed by atoms with E-state index in [2.05, 4.69) is 19.9 Å². The molecule has 1 fully saturated rings. The van der Waals surface area contributed by atoms with E-state index in [4.69, 9.17) is 14.0 Å². The normalized spacial score (nSPS) is 16.7. The number of ketones is 1. The molecule has 1 saturated heterocycles. The van der Waals surface area contributed by atoms with Crippen molar-refractivity contribution in [2.24, 2.45) is 0 Å². The van der Waals surface area contributed by atoms with Gasteiger partial charge >= 0.3 is 5.91 Å². The Morgan fingerprint density at radius 2 is 1.59 bits per heavy atom. The van der Waals surface area contributed by atoms with Crippen molar-refractivity contribution in [3.8, 4) is 22.9 Å². The Hall–Kier alpha value is -3.76. The van der Waals surface area contributed by atoms with Crippen molar-refractivity contribution in [1.29, 1.82) is 0 Å². The van der Waals surface area contributed by atoms with E-state index in [-0.39, 0.29) is 0 Å². The Morgan fingerprint density at radius 3 is 2.29 bits per heavy atom. The summed E-state index contributed by atoms with van der Waals surface area (Å²) in [7, 11) is 3.19. The fraction of sp³-hybridized carbons (Fsp3) is 0.333. The number of methoxy groups -OCH3 is 2. The zero-order chi connectivity index (χ0) is 23.7. The molecule has 0 spiro atoms. The number of anilines is 1. The van der Waals surface area contributed by atoms with Crippen LogP contribution < -0.4 is 14.4 Å². The van der Waals surface area contributed by atoms with Gasteiger partial charge in [0.25, 0.3) is 5.78 Å². The fourth-order valence-corrected chi connectivity index (χ4v) is 4.20. The number of hydrogen-bond acceptors (Lipinski definition) is 9. The number of carbonyl (C=O) groups is 2. The highest BCUT2D eigenvalue weighted by Gasteiger charge is 2.37. The molecule has 2 aliphatic heterocycles. The van der Waals surface area contributed by atoms with Crippen LogP contribution in [-0.2, 0) is 11.3 Å². The molecule has 0 atom stereocenters. The number of amides is 1. The molecule has 1 aromatic heterocycles. The van der Waals surface area contributed by atoms with Crippen molar-refractivity contribution < 1.29 is 23.6 Å². The summed E-state index contributed by atoms with van der Waals surface area (Å²) in [5.41, 5.74) is 1.89. The molecule has 10 heteroatoms. The van der Waals surface area contributed by atoms with Crippen molar-refractivity contribution in [2.45, 2.75) is 6.54 Å². The number of carbonyl (C=O) groups excluding carboxylic acids is 2. The van der Waals surface area contributed by atoms with Gasteiger partial charge in [0.15, 0.2) is 0 Å². The Balaban J connectivity index is 1.17. The topological polar surface area (TPSA) is 101 Å². The molecular weight excluding hydrogens is 438 g/mol. The van der Waals surface area contributed by atoms with Crippen LogP contribution in [0.15, 0.2) is 47.0 Å². The Morgan fingerprint density at radius 1 is 0.912 bits per heavy atom. The molecule has 3 heterocycles. The average Bonchev–Trinajstić information content (AvgIpc) is 3.43. The van der Waals surface area contributed by atoms with Crippen molar-refractivity contribution in [1.82, 2.24) is 19.9 Å². The maximum absolute atomic E-state index is 12.6. The first-order valence-corrected chi connectivity index (χ1v) is 11.0. The van der Waals surface area contributed by atoms with Gasteiger partial charge < -0.3 is 14.0 Å². The van der Waals surface area contributed by atoms with Crippen LogP contribution >= 0.6 is 0 Å². The molecule has 0 saturated carbocycles. The highest BCUT2D eigenvalue weighted by molar-refractivity contribution is 6.52. The molecule has 0 N–H and O–H groups in total. The summed E-state index contributed by atoms with van der Waals surface area (Å²) in [6, 6.07) is 12.6. The van der Waals surface area contributed by atoms with Gasteiger partial charge in [-0.25, -0.2) is 0 Å². The molecule has 5 rings (SSSR count). The largest absolute Gasteiger partial charge is 0.497 e. The highest BCUT2D eigenvalue weighted by atomic mass is 16.5. The van der Waals surface area contributed by atoms with E-state index in [0.29, 0.717) is 41.9 Å². The molecular formula is C24H25N5O5. The lowest BCUT2D eigenvalue weighted by atomic mass is 10.1. The van der Waals surface area contributed by atoms with Crippen LogP contribution in [0.25, 0.3) is 11.4 Å². The number of ether oxygens (including phenoxy) is 2. The first-order valence-electron chi connectivity index (χ1n) is 11.0. The Labute approximate surface area is 196 Å². The van der Waals surface area contributed by atoms with Crippen LogP contribution in [-0.4, -0.2) is 78.7 Å². The fourth-order valence-electron chi connectivity index (χ4n) is 4.20. The van der Waals surface area contributed by atoms with E-state index in [0.717, 1.165) is 37.5 Å². The van der Waals surface area contributed by atoms with Crippen molar-refractivity contribution >= 4 is 17.4 Å². The minimum atomic E-state index is -0.498. The third-order valence-corrected chi connectivity index (χ3v) is 6.16. The van der Waals surface area contributed by atoms with Gasteiger partial charge in [0, 0.05) is 37.8 Å². The predicted molar refractivity (Wildman–Crippen MR) is 123 cm³/mol. The minimum absolute atomic E-state index is 0.362. The molecule has 0 unspecified atom stereocenters. The number of rotatable bonds is 7. The molecule has 2 aromatic carbocycles. The quantitative estimate of drug-likeness (QED) is 0.487. The van der Waals surface area contributed by atoms with Gasteiger partial charge in [-0.2, -0.15) is 4.98 Å². The second-order valence-electron chi connectivity index (χ2n) is 8.22. The van der Waals surface area contributed by atoms with Gasteiger partial charge in [-0.1, -0.05) is 5.16 Å². The molecule has 0 aliphatic carbocycles. The number of hydrogen-bond donors (Lipinski definition) is 0. The first kappa shape index (κ1) is 22.1. The standard InChI is InChI=1S/C24H25N5O5/c1-32-17-5-3-16(4-6-17)23-25-21(34-26-23)14-27-9-11-28(12-10-27)15-29-20-13-18(33-2)7-8-19(20)22(30)24(29)31/h3-8,13H,9-12,14-15H2,1-2H3. The summed E-state index contributed by atoms with van der Waals surface area (Å²) in [4.78, 5) is 35.4. The molecule has 1 amide bonds. The minimum Gasteiger partial charge on any atom is -0.497 e. The summed E-state index contributed by atoms with van der Waals surface area (Å²) < 4.78 is 15.9. The molecule has 0 radical (unpaired) electrons. The monoisotopic (exact) mass is 463 g/mol. The molecule has 2 aliphatic rings. The summed E-state index contributed by atoms with van der Waals surface area (Å²) >= 11 is 0. The van der Waals surface area contributed by atoms with Crippen LogP contribution in [0.4, 0.5) is 5.69 Å². The van der Waals surface area contributed by atoms with E-state index in [1.807, 2.05) is 24.3 Å². The van der Waals surface area contributed by atoms with E-state index < -0.39 is 11.7 Å². The van der Waals surface area contributed by atoms with Crippen LogP contribution in [0.5, 0.6) is 11.5 Å². The molecule has 3 aromatic rings. The van der Waals surface area contributed by atoms with Crippen LogP contribution in [0.1, 0.15) is 16.2 Å². The smallest absolute Gasteiger partial charge is 0.300 e. The van der Waals surface area contributed by atoms with Crippen molar-refractivity contribution in [3.05, 3.63) is 53.9 Å².